The van der Waals surface area contributed by atoms with Crippen molar-refractivity contribution < 1.29 is 0 Å². The monoisotopic (exact) mass is 171 g/mol. The molecule has 72 valence electrons. The molecule has 0 spiro atoms. The molecular formula is C9H21N3. The van der Waals surface area contributed by atoms with E-state index in [-0.39, 0.29) is 6.04 Å². The first-order chi connectivity index (χ1) is 5.61. The van der Waals surface area contributed by atoms with Crippen LogP contribution in [-0.2, 0) is 0 Å². The summed E-state index contributed by atoms with van der Waals surface area (Å²) in [6, 6.07) is 1.50. The Morgan fingerprint density at radius 2 is 2.25 bits per heavy atom. The van der Waals surface area contributed by atoms with E-state index < -0.39 is 0 Å². The average molecular weight is 171 g/mol. The summed E-state index contributed by atoms with van der Waals surface area (Å²) in [5.41, 5.74) is 5.77. The molecule has 0 aromatic carbocycles. The van der Waals surface area contributed by atoms with Gasteiger partial charge in [-0.05, 0) is 20.8 Å². The molecule has 3 heteroatoms. The van der Waals surface area contributed by atoms with Crippen LogP contribution in [0.3, 0.4) is 0 Å². The second-order valence-corrected chi connectivity index (χ2v) is 3.96. The highest BCUT2D eigenvalue weighted by atomic mass is 15.2. The fraction of sp³-hybridized carbons (Fsp3) is 1.00. The van der Waals surface area contributed by atoms with Crippen LogP contribution in [0, 0.1) is 0 Å². The quantitative estimate of drug-likeness (QED) is 0.615. The van der Waals surface area contributed by atoms with E-state index in [1.165, 1.54) is 0 Å². The number of rotatable bonds is 2. The van der Waals surface area contributed by atoms with E-state index in [2.05, 4.69) is 31.0 Å². The molecular weight excluding hydrogens is 150 g/mol. The van der Waals surface area contributed by atoms with Gasteiger partial charge in [-0.1, -0.05) is 0 Å². The molecule has 0 aliphatic carbocycles. The first-order valence-electron chi connectivity index (χ1n) is 4.84. The molecule has 1 aliphatic heterocycles. The van der Waals surface area contributed by atoms with E-state index in [1.54, 1.807) is 0 Å². The number of nitrogens with one attached hydrogen (secondary N) is 1. The summed E-state index contributed by atoms with van der Waals surface area (Å²) in [5, 5.41) is 3.45. The van der Waals surface area contributed by atoms with E-state index in [0.29, 0.717) is 12.1 Å². The van der Waals surface area contributed by atoms with Crippen LogP contribution in [0.2, 0.25) is 0 Å². The summed E-state index contributed by atoms with van der Waals surface area (Å²) in [7, 11) is 0. The largest absolute Gasteiger partial charge is 0.327 e. The standard InChI is InChI=1S/C9H21N3/c1-7(10)6-12-5-4-11-8(2)9(12)3/h7-9,11H,4-6,10H2,1-3H3. The molecule has 12 heavy (non-hydrogen) atoms. The third kappa shape index (κ3) is 2.44. The topological polar surface area (TPSA) is 41.3 Å². The summed E-state index contributed by atoms with van der Waals surface area (Å²) < 4.78 is 0. The van der Waals surface area contributed by atoms with Crippen molar-refractivity contribution in [1.29, 1.82) is 0 Å². The number of hydrogen-bond acceptors (Lipinski definition) is 3. The maximum atomic E-state index is 5.77. The second kappa shape index (κ2) is 4.21. The number of nitrogens with two attached hydrogens (primary N) is 1. The highest BCUT2D eigenvalue weighted by Gasteiger charge is 2.24. The molecule has 0 amide bonds. The first-order valence-corrected chi connectivity index (χ1v) is 4.84. The Labute approximate surface area is 75.3 Å². The number of hydrogen-bond donors (Lipinski definition) is 2. The molecule has 3 atom stereocenters. The highest BCUT2D eigenvalue weighted by molar-refractivity contribution is 4.84. The summed E-state index contributed by atoms with van der Waals surface area (Å²) in [4.78, 5) is 2.46. The van der Waals surface area contributed by atoms with Gasteiger partial charge in [-0.15, -0.1) is 0 Å². The zero-order chi connectivity index (χ0) is 9.14. The van der Waals surface area contributed by atoms with Gasteiger partial charge in [-0.2, -0.15) is 0 Å². The zero-order valence-corrected chi connectivity index (χ0v) is 8.38. The van der Waals surface area contributed by atoms with Gasteiger partial charge >= 0.3 is 0 Å². The molecule has 0 bridgehead atoms. The van der Waals surface area contributed by atoms with Crippen molar-refractivity contribution in [2.75, 3.05) is 19.6 Å². The van der Waals surface area contributed by atoms with E-state index in [9.17, 15) is 0 Å². The molecule has 1 rings (SSSR count). The third-order valence-electron chi connectivity index (χ3n) is 2.69. The van der Waals surface area contributed by atoms with Crippen molar-refractivity contribution in [3.63, 3.8) is 0 Å². The average Bonchev–Trinajstić information content (AvgIpc) is 1.98. The Hall–Kier alpha value is -0.120. The van der Waals surface area contributed by atoms with E-state index in [1.807, 2.05) is 0 Å². The van der Waals surface area contributed by atoms with Crippen molar-refractivity contribution in [2.24, 2.45) is 5.73 Å². The molecule has 1 aliphatic rings. The maximum Gasteiger partial charge on any atom is 0.0219 e. The minimum atomic E-state index is 0.290. The fourth-order valence-corrected chi connectivity index (χ4v) is 1.75. The van der Waals surface area contributed by atoms with Gasteiger partial charge < -0.3 is 11.1 Å². The zero-order valence-electron chi connectivity index (χ0n) is 8.38. The maximum absolute atomic E-state index is 5.77. The second-order valence-electron chi connectivity index (χ2n) is 3.96. The molecule has 0 radical (unpaired) electrons. The predicted molar refractivity (Wildman–Crippen MR) is 52.1 cm³/mol. The Morgan fingerprint density at radius 1 is 1.58 bits per heavy atom. The summed E-state index contributed by atoms with van der Waals surface area (Å²) in [5.74, 6) is 0. The van der Waals surface area contributed by atoms with Crippen LogP contribution in [0.4, 0.5) is 0 Å². The summed E-state index contributed by atoms with van der Waals surface area (Å²) in [6.07, 6.45) is 0. The van der Waals surface area contributed by atoms with Crippen LogP contribution in [0.15, 0.2) is 0 Å². The molecule has 3 N–H and O–H groups in total. The van der Waals surface area contributed by atoms with Crippen LogP contribution in [0.25, 0.3) is 0 Å². The molecule has 0 aromatic rings. The van der Waals surface area contributed by atoms with Gasteiger partial charge in [0.05, 0.1) is 0 Å². The molecule has 3 nitrogen and oxygen atoms in total. The van der Waals surface area contributed by atoms with Crippen LogP contribution >= 0.6 is 0 Å². The molecule has 1 fully saturated rings. The molecule has 0 saturated carbocycles. The van der Waals surface area contributed by atoms with E-state index >= 15 is 0 Å². The highest BCUT2D eigenvalue weighted by Crippen LogP contribution is 2.08. The number of nitrogens with zero attached hydrogens (tertiary/aromatic N) is 1. The molecule has 1 saturated heterocycles. The lowest BCUT2D eigenvalue weighted by atomic mass is 10.1. The SMILES string of the molecule is CC(N)CN1CCNC(C)C1C. The predicted octanol–water partition coefficient (Wildman–Crippen LogP) is 0.0158. The minimum Gasteiger partial charge on any atom is -0.327 e. The van der Waals surface area contributed by atoms with Gasteiger partial charge in [0.2, 0.25) is 0 Å². The van der Waals surface area contributed by atoms with E-state index in [0.717, 1.165) is 19.6 Å². The van der Waals surface area contributed by atoms with Gasteiger partial charge in [0, 0.05) is 37.8 Å². The molecule has 0 aromatic heterocycles. The van der Waals surface area contributed by atoms with Crippen LogP contribution in [-0.4, -0.2) is 42.7 Å². The molecule has 1 heterocycles. The van der Waals surface area contributed by atoms with Gasteiger partial charge in [0.25, 0.3) is 0 Å². The van der Waals surface area contributed by atoms with Crippen molar-refractivity contribution in [2.45, 2.75) is 38.9 Å². The van der Waals surface area contributed by atoms with Gasteiger partial charge in [0.1, 0.15) is 0 Å². The lowest BCUT2D eigenvalue weighted by molar-refractivity contribution is 0.132. The first kappa shape index (κ1) is 9.96. The van der Waals surface area contributed by atoms with Crippen molar-refractivity contribution >= 4 is 0 Å². The minimum absolute atomic E-state index is 0.290. The van der Waals surface area contributed by atoms with Crippen LogP contribution in [0.1, 0.15) is 20.8 Å². The van der Waals surface area contributed by atoms with Crippen molar-refractivity contribution in [3.8, 4) is 0 Å². The Kier molecular flexibility index (Phi) is 3.50. The van der Waals surface area contributed by atoms with E-state index in [4.69, 9.17) is 5.73 Å². The lowest BCUT2D eigenvalue weighted by Gasteiger charge is -2.39. The smallest absolute Gasteiger partial charge is 0.0219 e. The Bertz CT molecular complexity index is 136. The normalized spacial score (nSPS) is 35.0. The Morgan fingerprint density at radius 3 is 2.83 bits per heavy atom. The number of piperazine rings is 1. The van der Waals surface area contributed by atoms with Crippen molar-refractivity contribution in [3.05, 3.63) is 0 Å². The van der Waals surface area contributed by atoms with Gasteiger partial charge in [-0.25, -0.2) is 0 Å². The van der Waals surface area contributed by atoms with Gasteiger partial charge in [-0.3, -0.25) is 4.90 Å². The fourth-order valence-electron chi connectivity index (χ4n) is 1.75. The summed E-state index contributed by atoms with van der Waals surface area (Å²) in [6.45, 7) is 9.81. The van der Waals surface area contributed by atoms with Gasteiger partial charge in [0.15, 0.2) is 0 Å². The third-order valence-corrected chi connectivity index (χ3v) is 2.69. The van der Waals surface area contributed by atoms with Crippen LogP contribution in [0.5, 0.6) is 0 Å². The Balaban J connectivity index is 2.41. The lowest BCUT2D eigenvalue weighted by Crippen LogP contribution is -2.57. The van der Waals surface area contributed by atoms with Crippen molar-refractivity contribution in [1.82, 2.24) is 10.2 Å². The summed E-state index contributed by atoms with van der Waals surface area (Å²) >= 11 is 0. The molecule has 3 unspecified atom stereocenters. The van der Waals surface area contributed by atoms with Crippen LogP contribution < -0.4 is 11.1 Å².